The monoisotopic (exact) mass is 838 g/mol. The molecule has 1 aliphatic heterocycles. The van der Waals surface area contributed by atoms with Crippen molar-refractivity contribution in [1.82, 2.24) is 4.98 Å². The van der Waals surface area contributed by atoms with Crippen molar-refractivity contribution in [3.8, 4) is 21.7 Å². The second-order valence-electron chi connectivity index (χ2n) is 17.2. The first-order chi connectivity index (χ1) is 30.4. The fourth-order valence-electron chi connectivity index (χ4n) is 8.55. The van der Waals surface area contributed by atoms with Crippen LogP contribution in [0.4, 0.5) is 5.69 Å². The van der Waals surface area contributed by atoms with Crippen LogP contribution in [0.5, 0.6) is 0 Å². The Hall–Kier alpha value is -7.23. The molecule has 0 saturated carbocycles. The highest BCUT2D eigenvalue weighted by molar-refractivity contribution is 7.21. The van der Waals surface area contributed by atoms with Crippen molar-refractivity contribution >= 4 is 77.2 Å². The molecule has 2 heterocycles. The first-order valence-corrected chi connectivity index (χ1v) is 22.2. The fourth-order valence-corrected chi connectivity index (χ4v) is 9.52. The first kappa shape index (κ1) is 39.9. The molecule has 0 amide bonds. The van der Waals surface area contributed by atoms with E-state index in [1.54, 1.807) is 11.3 Å². The standard InChI is InChI=1S/C54H46N8S/c1-31(2)57-43-15-11-16-44(49(43)56)62(45-26-24-40(48(55)51(45)58-32(3)4)38-23-22-37-28-35-12-7-8-13-36(35)29-39(37)30-38)46-27-25-41(50-52(46)61-54(5,6)60-50)33-18-20-34(21-19-33)53-59-42-14-9-10-17-47(42)63-53/h7-32,55-56H,1-6H3. The van der Waals surface area contributed by atoms with Crippen molar-refractivity contribution in [3.63, 3.8) is 0 Å². The lowest BCUT2D eigenvalue weighted by molar-refractivity contribution is 0.549. The number of nitrogens with zero attached hydrogens (tertiary/aromatic N) is 6. The Morgan fingerprint density at radius 2 is 1.29 bits per heavy atom. The summed E-state index contributed by atoms with van der Waals surface area (Å²) in [7, 11) is 0. The summed E-state index contributed by atoms with van der Waals surface area (Å²) in [6.07, 6.45) is 9.85. The highest BCUT2D eigenvalue weighted by Crippen LogP contribution is 2.36. The van der Waals surface area contributed by atoms with E-state index >= 15 is 0 Å². The van der Waals surface area contributed by atoms with Crippen molar-refractivity contribution < 1.29 is 0 Å². The topological polar surface area (TPSA) is 113 Å². The molecule has 0 fully saturated rings. The molecule has 308 valence electrons. The lowest BCUT2D eigenvalue weighted by Crippen LogP contribution is -2.42. The zero-order valence-corrected chi connectivity index (χ0v) is 36.9. The van der Waals surface area contributed by atoms with Gasteiger partial charge in [0, 0.05) is 28.8 Å². The van der Waals surface area contributed by atoms with Crippen LogP contribution in [0, 0.1) is 10.8 Å². The Kier molecular flexibility index (Phi) is 9.87. The lowest BCUT2D eigenvalue weighted by atomic mass is 9.89. The van der Waals surface area contributed by atoms with E-state index in [-0.39, 0.29) is 17.8 Å². The maximum atomic E-state index is 9.91. The van der Waals surface area contributed by atoms with Gasteiger partial charge >= 0.3 is 0 Å². The highest BCUT2D eigenvalue weighted by Gasteiger charge is 2.34. The summed E-state index contributed by atoms with van der Waals surface area (Å²) in [5, 5.41) is 26.7. The Balaban J connectivity index is 1.14. The minimum Gasteiger partial charge on any atom is -0.304 e. The van der Waals surface area contributed by atoms with Crippen LogP contribution in [0.3, 0.4) is 0 Å². The van der Waals surface area contributed by atoms with Gasteiger partial charge in [-0.1, -0.05) is 78.9 Å². The van der Waals surface area contributed by atoms with E-state index in [1.807, 2.05) is 84.1 Å². The highest BCUT2D eigenvalue weighted by atomic mass is 32.1. The van der Waals surface area contributed by atoms with Crippen molar-refractivity contribution in [2.45, 2.75) is 59.3 Å². The smallest absolute Gasteiger partial charge is 0.146 e. The number of hydrogen-bond acceptors (Lipinski definition) is 9. The predicted octanol–water partition coefficient (Wildman–Crippen LogP) is 11.9. The molecule has 0 saturated heterocycles. The Morgan fingerprint density at radius 3 is 2.03 bits per heavy atom. The molecule has 0 spiro atoms. The SMILES string of the molecule is CC(C)N=C1C=CC=C(N(C2=CC=C(c3ccc4cc5ccccc5cc4c3)C(=N)C2=NC(C)C)c2ccc(-c3ccc(-c4nc5ccccc5s4)cc3)c3c2=NC(C)(C)N=3)C1=N. The molecule has 2 N–H and O–H groups in total. The van der Waals surface area contributed by atoms with E-state index in [9.17, 15) is 10.8 Å². The second-order valence-corrected chi connectivity index (χ2v) is 18.2. The summed E-state index contributed by atoms with van der Waals surface area (Å²) in [5.41, 5.74) is 8.74. The van der Waals surface area contributed by atoms with E-state index in [0.29, 0.717) is 33.9 Å². The largest absolute Gasteiger partial charge is 0.304 e. The predicted molar refractivity (Wildman–Crippen MR) is 265 cm³/mol. The van der Waals surface area contributed by atoms with E-state index in [0.717, 1.165) is 64.9 Å². The second kappa shape index (κ2) is 15.6. The number of hydrogen-bond donors (Lipinski definition) is 2. The molecule has 63 heavy (non-hydrogen) atoms. The molecule has 6 aromatic carbocycles. The van der Waals surface area contributed by atoms with Crippen LogP contribution >= 0.6 is 11.3 Å². The molecule has 3 aliphatic rings. The molecule has 0 unspecified atom stereocenters. The van der Waals surface area contributed by atoms with E-state index in [1.165, 1.54) is 10.8 Å². The zero-order chi connectivity index (χ0) is 43.6. The summed E-state index contributed by atoms with van der Waals surface area (Å²) in [4.78, 5) is 27.5. The molecule has 7 aromatic rings. The number of fused-ring (bicyclic) bond motifs is 4. The van der Waals surface area contributed by atoms with Gasteiger partial charge in [-0.3, -0.25) is 30.8 Å². The third-order valence-corrected chi connectivity index (χ3v) is 12.4. The summed E-state index contributed by atoms with van der Waals surface area (Å²) >= 11 is 1.69. The van der Waals surface area contributed by atoms with Crippen molar-refractivity contribution in [1.29, 1.82) is 10.8 Å². The number of benzene rings is 6. The third kappa shape index (κ3) is 7.38. The van der Waals surface area contributed by atoms with E-state index in [2.05, 4.69) is 108 Å². The normalized spacial score (nSPS) is 17.1. The van der Waals surface area contributed by atoms with Crippen molar-refractivity contribution in [2.24, 2.45) is 20.0 Å². The molecule has 10 rings (SSSR count). The zero-order valence-electron chi connectivity index (χ0n) is 36.1. The van der Waals surface area contributed by atoms with Gasteiger partial charge < -0.3 is 4.90 Å². The van der Waals surface area contributed by atoms with Gasteiger partial charge in [0.2, 0.25) is 0 Å². The lowest BCUT2D eigenvalue weighted by Gasteiger charge is -2.34. The van der Waals surface area contributed by atoms with Gasteiger partial charge in [-0.15, -0.1) is 11.3 Å². The van der Waals surface area contributed by atoms with Gasteiger partial charge in [-0.25, -0.2) is 4.98 Å². The van der Waals surface area contributed by atoms with Gasteiger partial charge in [0.15, 0.2) is 0 Å². The quantitative estimate of drug-likeness (QED) is 0.117. The first-order valence-electron chi connectivity index (χ1n) is 21.4. The van der Waals surface area contributed by atoms with Gasteiger partial charge in [-0.2, -0.15) is 0 Å². The van der Waals surface area contributed by atoms with E-state index in [4.69, 9.17) is 25.0 Å². The van der Waals surface area contributed by atoms with Crippen LogP contribution < -0.4 is 15.6 Å². The number of aromatic nitrogens is 1. The molecule has 2 aliphatic carbocycles. The maximum absolute atomic E-state index is 9.91. The average Bonchev–Trinajstić information content (AvgIpc) is 3.85. The Bertz CT molecular complexity index is 3380. The number of aliphatic imine (C=N–C) groups is 2. The Labute approximate surface area is 370 Å². The van der Waals surface area contributed by atoms with Crippen LogP contribution in [0.1, 0.15) is 47.1 Å². The molecular formula is C54H46N8S. The molecule has 0 atom stereocenters. The van der Waals surface area contributed by atoms with Crippen LogP contribution in [-0.2, 0) is 0 Å². The average molecular weight is 839 g/mol. The third-order valence-electron chi connectivity index (χ3n) is 11.3. The van der Waals surface area contributed by atoms with Gasteiger partial charge in [0.1, 0.15) is 27.5 Å². The Morgan fingerprint density at radius 1 is 0.619 bits per heavy atom. The summed E-state index contributed by atoms with van der Waals surface area (Å²) in [6, 6.07) is 40.0. The van der Waals surface area contributed by atoms with Gasteiger partial charge in [0.05, 0.1) is 44.1 Å². The number of rotatable bonds is 8. The fraction of sp³-hybridized carbons (Fsp3) is 0.167. The molecule has 0 radical (unpaired) electrons. The number of nitrogens with one attached hydrogen (secondary N) is 2. The molecule has 1 aromatic heterocycles. The number of para-hydroxylation sites is 1. The molecular weight excluding hydrogens is 793 g/mol. The van der Waals surface area contributed by atoms with Crippen LogP contribution in [-0.4, -0.2) is 45.6 Å². The van der Waals surface area contributed by atoms with Crippen LogP contribution in [0.15, 0.2) is 177 Å². The molecule has 9 heteroatoms. The molecule has 0 bridgehead atoms. The van der Waals surface area contributed by atoms with Crippen molar-refractivity contribution in [2.75, 3.05) is 4.90 Å². The van der Waals surface area contributed by atoms with Gasteiger partial charge in [-0.05, 0) is 141 Å². The minimum absolute atomic E-state index is 0.0115. The van der Waals surface area contributed by atoms with Crippen molar-refractivity contribution in [3.05, 3.63) is 173 Å². The molecule has 8 nitrogen and oxygen atoms in total. The summed E-state index contributed by atoms with van der Waals surface area (Å²) in [6.45, 7) is 12.1. The number of allylic oxidation sites excluding steroid dienone is 8. The maximum Gasteiger partial charge on any atom is 0.146 e. The van der Waals surface area contributed by atoms with Gasteiger partial charge in [0.25, 0.3) is 0 Å². The number of thiazole rings is 1. The number of anilines is 1. The van der Waals surface area contributed by atoms with Crippen LogP contribution in [0.2, 0.25) is 0 Å². The minimum atomic E-state index is -0.741. The van der Waals surface area contributed by atoms with E-state index < -0.39 is 5.66 Å². The summed E-state index contributed by atoms with van der Waals surface area (Å²) in [5.74, 6) is 0. The van der Waals surface area contributed by atoms with Crippen LogP contribution in [0.25, 0.3) is 59.0 Å². The summed E-state index contributed by atoms with van der Waals surface area (Å²) < 4.78 is 1.16.